The van der Waals surface area contributed by atoms with Gasteiger partial charge in [-0.15, -0.1) is 10.2 Å². The number of esters is 1. The van der Waals surface area contributed by atoms with Crippen LogP contribution in [0.3, 0.4) is 0 Å². The fourth-order valence-corrected chi connectivity index (χ4v) is 2.01. The van der Waals surface area contributed by atoms with Crippen molar-refractivity contribution in [1.29, 1.82) is 0 Å². The molecule has 0 aliphatic rings. The number of rotatable bonds is 2. The van der Waals surface area contributed by atoms with Crippen LogP contribution >= 0.6 is 0 Å². The van der Waals surface area contributed by atoms with Crippen molar-refractivity contribution in [2.24, 2.45) is 0 Å². The summed E-state index contributed by atoms with van der Waals surface area (Å²) in [6.07, 6.45) is 1.67. The normalized spacial score (nSPS) is 10.7. The topological polar surface area (TPSA) is 56.5 Å². The Labute approximate surface area is 113 Å². The summed E-state index contributed by atoms with van der Waals surface area (Å²) in [5, 5.41) is 7.92. The van der Waals surface area contributed by atoms with Crippen LogP contribution in [-0.4, -0.2) is 27.7 Å². The molecule has 0 aliphatic heterocycles. The molecule has 0 N–H and O–H groups in total. The van der Waals surface area contributed by atoms with Crippen LogP contribution < -0.4 is 0 Å². The number of hydrogen-bond donors (Lipinski definition) is 0. The van der Waals surface area contributed by atoms with Gasteiger partial charge in [0.1, 0.15) is 11.4 Å². The number of carbonyl (C=O) groups excluding carboxylic acids is 1. The lowest BCUT2D eigenvalue weighted by Gasteiger charge is -2.03. The van der Waals surface area contributed by atoms with E-state index in [9.17, 15) is 9.18 Å². The molecule has 3 aromatic rings. The van der Waals surface area contributed by atoms with Gasteiger partial charge in [0.15, 0.2) is 11.5 Å². The monoisotopic (exact) mass is 271 g/mol. The van der Waals surface area contributed by atoms with Crippen LogP contribution in [-0.2, 0) is 4.74 Å². The molecule has 2 aromatic heterocycles. The first-order chi connectivity index (χ1) is 9.72. The largest absolute Gasteiger partial charge is 0.465 e. The minimum absolute atomic E-state index is 0.282. The van der Waals surface area contributed by atoms with E-state index in [4.69, 9.17) is 0 Å². The van der Waals surface area contributed by atoms with E-state index in [0.717, 1.165) is 0 Å². The minimum atomic E-state index is -0.511. The Balaban J connectivity index is 2.26. The molecule has 0 unspecified atom stereocenters. The summed E-state index contributed by atoms with van der Waals surface area (Å²) in [4.78, 5) is 11.7. The van der Waals surface area contributed by atoms with Crippen molar-refractivity contribution in [2.75, 3.05) is 7.11 Å². The maximum absolute atomic E-state index is 13.8. The van der Waals surface area contributed by atoms with Crippen molar-refractivity contribution in [1.82, 2.24) is 14.6 Å². The van der Waals surface area contributed by atoms with Crippen LogP contribution in [0.4, 0.5) is 4.39 Å². The molecule has 5 nitrogen and oxygen atoms in total. The average Bonchev–Trinajstić information content (AvgIpc) is 2.90. The number of pyridine rings is 1. The second-order valence-corrected chi connectivity index (χ2v) is 4.11. The van der Waals surface area contributed by atoms with E-state index in [-0.39, 0.29) is 5.56 Å². The first-order valence-corrected chi connectivity index (χ1v) is 5.89. The summed E-state index contributed by atoms with van der Waals surface area (Å²) in [7, 11) is 1.29. The highest BCUT2D eigenvalue weighted by atomic mass is 19.1. The number of hydrogen-bond acceptors (Lipinski definition) is 4. The molecule has 0 saturated carbocycles. The predicted molar refractivity (Wildman–Crippen MR) is 69.7 cm³/mol. The van der Waals surface area contributed by atoms with Gasteiger partial charge in [0.2, 0.25) is 0 Å². The highest BCUT2D eigenvalue weighted by Crippen LogP contribution is 2.22. The van der Waals surface area contributed by atoms with Gasteiger partial charge < -0.3 is 4.74 Å². The second-order valence-electron chi connectivity index (χ2n) is 4.11. The van der Waals surface area contributed by atoms with Gasteiger partial charge in [0, 0.05) is 6.20 Å². The smallest absolute Gasteiger partial charge is 0.341 e. The molecule has 0 aliphatic carbocycles. The molecule has 0 radical (unpaired) electrons. The zero-order valence-electron chi connectivity index (χ0n) is 10.6. The zero-order chi connectivity index (χ0) is 14.1. The van der Waals surface area contributed by atoms with E-state index in [2.05, 4.69) is 14.9 Å². The fraction of sp³-hybridized carbons (Fsp3) is 0.0714. The Hall–Kier alpha value is -2.76. The number of methoxy groups -OCH3 is 1. The highest BCUT2D eigenvalue weighted by molar-refractivity contribution is 5.95. The first kappa shape index (κ1) is 12.3. The van der Waals surface area contributed by atoms with Crippen LogP contribution in [0.1, 0.15) is 10.4 Å². The third kappa shape index (κ3) is 1.82. The van der Waals surface area contributed by atoms with E-state index < -0.39 is 11.8 Å². The van der Waals surface area contributed by atoms with E-state index >= 15 is 0 Å². The number of ether oxygens (including phenoxy) is 1. The van der Waals surface area contributed by atoms with Crippen LogP contribution in [0.2, 0.25) is 0 Å². The first-order valence-electron chi connectivity index (χ1n) is 5.89. The maximum Gasteiger partial charge on any atom is 0.341 e. The highest BCUT2D eigenvalue weighted by Gasteiger charge is 2.17. The lowest BCUT2D eigenvalue weighted by Crippen LogP contribution is -2.04. The van der Waals surface area contributed by atoms with Crippen molar-refractivity contribution >= 4 is 11.6 Å². The molecule has 0 bridgehead atoms. The number of aromatic nitrogens is 3. The van der Waals surface area contributed by atoms with Gasteiger partial charge >= 0.3 is 5.97 Å². The molecular formula is C14H10FN3O2. The average molecular weight is 271 g/mol. The predicted octanol–water partition coefficient (Wildman–Crippen LogP) is 2.32. The number of benzene rings is 1. The molecule has 0 fully saturated rings. The number of halogens is 1. The van der Waals surface area contributed by atoms with Gasteiger partial charge in [-0.3, -0.25) is 4.40 Å². The van der Waals surface area contributed by atoms with Gasteiger partial charge in [0.25, 0.3) is 0 Å². The van der Waals surface area contributed by atoms with Crippen LogP contribution in [0.25, 0.3) is 17.0 Å². The summed E-state index contributed by atoms with van der Waals surface area (Å²) in [6, 6.07) is 9.51. The maximum atomic E-state index is 13.8. The standard InChI is InChI=1S/C14H10FN3O2/c1-20-14(19)10-6-4-8-18-12(16-17-13(10)18)9-5-2-3-7-11(9)15/h2-8H,1H3. The Morgan fingerprint density at radius 1 is 1.20 bits per heavy atom. The molecule has 100 valence electrons. The van der Waals surface area contributed by atoms with Gasteiger partial charge in [-0.1, -0.05) is 12.1 Å². The van der Waals surface area contributed by atoms with Crippen molar-refractivity contribution < 1.29 is 13.9 Å². The van der Waals surface area contributed by atoms with Gasteiger partial charge in [-0.05, 0) is 24.3 Å². The van der Waals surface area contributed by atoms with Crippen molar-refractivity contribution in [3.05, 3.63) is 54.0 Å². The molecule has 0 amide bonds. The third-order valence-corrected chi connectivity index (χ3v) is 2.95. The van der Waals surface area contributed by atoms with E-state index in [0.29, 0.717) is 17.0 Å². The van der Waals surface area contributed by atoms with Crippen molar-refractivity contribution in [2.45, 2.75) is 0 Å². The van der Waals surface area contributed by atoms with Crippen molar-refractivity contribution in [3.63, 3.8) is 0 Å². The Morgan fingerprint density at radius 2 is 2.00 bits per heavy atom. The molecule has 0 spiro atoms. The lowest BCUT2D eigenvalue weighted by molar-refractivity contribution is 0.0602. The third-order valence-electron chi connectivity index (χ3n) is 2.95. The Bertz CT molecular complexity index is 798. The minimum Gasteiger partial charge on any atom is -0.465 e. The zero-order valence-corrected chi connectivity index (χ0v) is 10.6. The molecular weight excluding hydrogens is 261 g/mol. The van der Waals surface area contributed by atoms with E-state index in [1.54, 1.807) is 40.9 Å². The Morgan fingerprint density at radius 3 is 2.75 bits per heavy atom. The van der Waals surface area contributed by atoms with Crippen LogP contribution in [0.15, 0.2) is 42.6 Å². The fourth-order valence-electron chi connectivity index (χ4n) is 2.01. The summed E-state index contributed by atoms with van der Waals surface area (Å²) in [6.45, 7) is 0. The lowest BCUT2D eigenvalue weighted by atomic mass is 10.2. The van der Waals surface area contributed by atoms with Crippen LogP contribution in [0.5, 0.6) is 0 Å². The van der Waals surface area contributed by atoms with Gasteiger partial charge in [-0.2, -0.15) is 0 Å². The van der Waals surface area contributed by atoms with E-state index in [1.807, 2.05) is 0 Å². The van der Waals surface area contributed by atoms with E-state index in [1.165, 1.54) is 13.2 Å². The molecule has 0 atom stereocenters. The molecule has 2 heterocycles. The molecule has 3 rings (SSSR count). The summed E-state index contributed by atoms with van der Waals surface area (Å²) in [5.41, 5.74) is 0.935. The summed E-state index contributed by atoms with van der Waals surface area (Å²) < 4.78 is 20.1. The quantitative estimate of drug-likeness (QED) is 0.671. The van der Waals surface area contributed by atoms with Gasteiger partial charge in [0.05, 0.1) is 12.7 Å². The number of nitrogens with zero attached hydrogens (tertiary/aromatic N) is 3. The van der Waals surface area contributed by atoms with Crippen LogP contribution in [0, 0.1) is 5.82 Å². The molecule has 1 aromatic carbocycles. The SMILES string of the molecule is COC(=O)c1cccn2c(-c3ccccc3F)nnc12. The number of carbonyl (C=O) groups is 1. The second kappa shape index (κ2) is 4.73. The summed E-state index contributed by atoms with van der Waals surface area (Å²) >= 11 is 0. The molecule has 20 heavy (non-hydrogen) atoms. The molecule has 0 saturated heterocycles. The van der Waals surface area contributed by atoms with Crippen molar-refractivity contribution in [3.8, 4) is 11.4 Å². The molecule has 6 heteroatoms. The number of fused-ring (bicyclic) bond motifs is 1. The summed E-state index contributed by atoms with van der Waals surface area (Å²) in [5.74, 6) is -0.572. The Kier molecular flexibility index (Phi) is 2.90. The van der Waals surface area contributed by atoms with Gasteiger partial charge in [-0.25, -0.2) is 9.18 Å².